The molecule has 0 radical (unpaired) electrons. The number of ketones is 1. The van der Waals surface area contributed by atoms with E-state index >= 15 is 0 Å². The lowest BCUT2D eigenvalue weighted by molar-refractivity contribution is -0.143. The third kappa shape index (κ3) is 5.70. The molecule has 0 aliphatic heterocycles. The monoisotopic (exact) mass is 575 g/mol. The van der Waals surface area contributed by atoms with Crippen molar-refractivity contribution in [3.05, 3.63) is 64.9 Å². The minimum atomic E-state index is -1.05. The van der Waals surface area contributed by atoms with E-state index in [1.807, 2.05) is 39.0 Å². The number of aryl methyl sites for hydroxylation is 1. The number of likely N-dealkylation sites (N-methyl/N-ethyl adjacent to an activating group) is 1. The van der Waals surface area contributed by atoms with E-state index in [4.69, 9.17) is 9.15 Å². The van der Waals surface area contributed by atoms with Crippen molar-refractivity contribution in [2.45, 2.75) is 98.1 Å². The summed E-state index contributed by atoms with van der Waals surface area (Å²) in [5, 5.41) is 10.4. The zero-order chi connectivity index (χ0) is 31.0. The molecule has 1 aromatic heterocycles. The standard InChI is InChI=1S/C35H45NO6/c1-9-35(10-2,24-13-15-26(22(5)18-24)41-28-12-11-17-34(6,7)31(28)37)25-14-16-27-23(19-25)20-29(42-27)32(38)36(8)30(21(3)4)33(39)40/h13-16,18-21,28,30H,9-12,17H2,1-8H3,(H,39,40)/t28?,30-/m1/s1. The number of carboxylic acids is 1. The Bertz CT molecular complexity index is 1480. The van der Waals surface area contributed by atoms with E-state index < -0.39 is 24.0 Å². The van der Waals surface area contributed by atoms with Crippen molar-refractivity contribution in [2.75, 3.05) is 7.05 Å². The highest BCUT2D eigenvalue weighted by molar-refractivity contribution is 5.98. The van der Waals surface area contributed by atoms with Crippen molar-refractivity contribution in [3.63, 3.8) is 0 Å². The molecule has 1 aliphatic carbocycles. The van der Waals surface area contributed by atoms with Crippen LogP contribution in [0.25, 0.3) is 11.0 Å². The van der Waals surface area contributed by atoms with Crippen molar-refractivity contribution in [2.24, 2.45) is 11.3 Å². The number of aliphatic carboxylic acids is 1. The molecule has 0 spiro atoms. The third-order valence-corrected chi connectivity index (χ3v) is 9.33. The fraction of sp³-hybridized carbons (Fsp3) is 0.514. The van der Waals surface area contributed by atoms with Gasteiger partial charge in [-0.15, -0.1) is 0 Å². The van der Waals surface area contributed by atoms with Crippen LogP contribution in [0.5, 0.6) is 5.75 Å². The summed E-state index contributed by atoms with van der Waals surface area (Å²) >= 11 is 0. The molecule has 0 saturated heterocycles. The van der Waals surface area contributed by atoms with Crippen LogP contribution < -0.4 is 4.74 Å². The molecule has 1 saturated carbocycles. The van der Waals surface area contributed by atoms with E-state index in [9.17, 15) is 19.5 Å². The molecule has 2 atom stereocenters. The number of amides is 1. The highest BCUT2D eigenvalue weighted by Gasteiger charge is 2.39. The maximum Gasteiger partial charge on any atom is 0.326 e. The van der Waals surface area contributed by atoms with Gasteiger partial charge in [-0.25, -0.2) is 4.79 Å². The normalized spacial score (nSPS) is 17.8. The molecule has 1 unspecified atom stereocenters. The predicted octanol–water partition coefficient (Wildman–Crippen LogP) is 7.56. The second-order valence-electron chi connectivity index (χ2n) is 12.8. The Hall–Kier alpha value is -3.61. The van der Waals surface area contributed by atoms with Crippen LogP contribution in [0.1, 0.15) is 101 Å². The molecule has 7 heteroatoms. The summed E-state index contributed by atoms with van der Waals surface area (Å²) in [6.45, 7) is 13.9. The van der Waals surface area contributed by atoms with Crippen LogP contribution in [0.4, 0.5) is 0 Å². The molecule has 1 N–H and O–H groups in total. The van der Waals surface area contributed by atoms with Crippen LogP contribution in [0.3, 0.4) is 0 Å². The van der Waals surface area contributed by atoms with Gasteiger partial charge in [0.2, 0.25) is 0 Å². The van der Waals surface area contributed by atoms with Crippen LogP contribution in [0, 0.1) is 18.3 Å². The quantitative estimate of drug-likeness (QED) is 0.268. The van der Waals surface area contributed by atoms with Crippen LogP contribution in [0.2, 0.25) is 0 Å². The van der Waals surface area contributed by atoms with E-state index in [1.165, 1.54) is 11.9 Å². The van der Waals surface area contributed by atoms with Crippen LogP contribution >= 0.6 is 0 Å². The first-order valence-corrected chi connectivity index (χ1v) is 15.1. The summed E-state index contributed by atoms with van der Waals surface area (Å²) in [5.74, 6) is -0.721. The Labute approximate surface area is 249 Å². The number of hydrogen-bond donors (Lipinski definition) is 1. The highest BCUT2D eigenvalue weighted by atomic mass is 16.5. The third-order valence-electron chi connectivity index (χ3n) is 9.33. The summed E-state index contributed by atoms with van der Waals surface area (Å²) in [6, 6.07) is 13.0. The minimum Gasteiger partial charge on any atom is -0.482 e. The number of ether oxygens (including phenoxy) is 1. The Balaban J connectivity index is 1.65. The summed E-state index contributed by atoms with van der Waals surface area (Å²) in [5.41, 5.74) is 3.20. The number of hydrogen-bond acceptors (Lipinski definition) is 5. The van der Waals surface area contributed by atoms with Crippen molar-refractivity contribution < 1.29 is 28.6 Å². The lowest BCUT2D eigenvalue weighted by Crippen LogP contribution is -2.45. The van der Waals surface area contributed by atoms with Crippen molar-refractivity contribution >= 4 is 28.6 Å². The van der Waals surface area contributed by atoms with Crippen LogP contribution in [0.15, 0.2) is 46.9 Å². The van der Waals surface area contributed by atoms with E-state index in [2.05, 4.69) is 32.0 Å². The maximum atomic E-state index is 13.2. The Morgan fingerprint density at radius 3 is 2.33 bits per heavy atom. The molecule has 42 heavy (non-hydrogen) atoms. The van der Waals surface area contributed by atoms with Crippen LogP contribution in [-0.4, -0.2) is 46.9 Å². The number of carbonyl (C=O) groups excluding carboxylic acids is 2. The number of rotatable bonds is 10. The second kappa shape index (κ2) is 11.9. The molecule has 3 aromatic rings. The van der Waals surface area contributed by atoms with Gasteiger partial charge in [-0.1, -0.05) is 59.7 Å². The van der Waals surface area contributed by atoms with Crippen molar-refractivity contribution in [1.29, 1.82) is 0 Å². The fourth-order valence-corrected chi connectivity index (χ4v) is 6.64. The smallest absolute Gasteiger partial charge is 0.326 e. The van der Waals surface area contributed by atoms with Crippen LogP contribution in [-0.2, 0) is 15.0 Å². The van der Waals surface area contributed by atoms with Gasteiger partial charge in [0.15, 0.2) is 17.6 Å². The average Bonchev–Trinajstić information content (AvgIpc) is 3.36. The minimum absolute atomic E-state index is 0.118. The molecular formula is C35H45NO6. The number of nitrogens with zero attached hydrogens (tertiary/aromatic N) is 1. The maximum absolute atomic E-state index is 13.2. The van der Waals surface area contributed by atoms with E-state index in [0.29, 0.717) is 5.58 Å². The number of carboxylic acid groups (broad SMARTS) is 1. The SMILES string of the molecule is CCC(CC)(c1ccc(OC2CCCC(C)(C)C2=O)c(C)c1)c1ccc2oc(C(=O)N(C)[C@@H](C(=O)O)C(C)C)cc2c1. The number of furan rings is 1. The lowest BCUT2D eigenvalue weighted by atomic mass is 9.70. The van der Waals surface area contributed by atoms with Gasteiger partial charge >= 0.3 is 5.97 Å². The molecule has 1 aliphatic rings. The number of Topliss-reactive ketones (excluding diaryl/α,β-unsaturated/α-hetero) is 1. The van der Waals surface area contributed by atoms with E-state index in [1.54, 1.807) is 19.9 Å². The summed E-state index contributed by atoms with van der Waals surface area (Å²) in [4.78, 5) is 39.2. The molecule has 7 nitrogen and oxygen atoms in total. The molecule has 1 amide bonds. The Morgan fingerprint density at radius 2 is 1.74 bits per heavy atom. The van der Waals surface area contributed by atoms with Crippen molar-refractivity contribution in [1.82, 2.24) is 4.90 Å². The van der Waals surface area contributed by atoms with Gasteiger partial charge in [-0.2, -0.15) is 0 Å². The Morgan fingerprint density at radius 1 is 1.10 bits per heavy atom. The molecular weight excluding hydrogens is 530 g/mol. The van der Waals surface area contributed by atoms with Gasteiger partial charge in [0.05, 0.1) is 0 Å². The number of fused-ring (bicyclic) bond motifs is 1. The first-order chi connectivity index (χ1) is 19.8. The molecule has 1 fully saturated rings. The van der Waals surface area contributed by atoms with Gasteiger partial charge < -0.3 is 19.2 Å². The Kier molecular flexibility index (Phi) is 8.91. The largest absolute Gasteiger partial charge is 0.482 e. The molecule has 4 rings (SSSR count). The second-order valence-corrected chi connectivity index (χ2v) is 12.8. The van der Waals surface area contributed by atoms with Gasteiger partial charge in [0, 0.05) is 23.3 Å². The van der Waals surface area contributed by atoms with Gasteiger partial charge in [0.25, 0.3) is 5.91 Å². The predicted molar refractivity (Wildman–Crippen MR) is 164 cm³/mol. The molecule has 2 aromatic carbocycles. The molecule has 0 bridgehead atoms. The molecule has 1 heterocycles. The number of benzene rings is 2. The van der Waals surface area contributed by atoms with Gasteiger partial charge in [-0.3, -0.25) is 9.59 Å². The first-order valence-electron chi connectivity index (χ1n) is 15.1. The zero-order valence-corrected chi connectivity index (χ0v) is 26.2. The van der Waals surface area contributed by atoms with E-state index in [-0.39, 0.29) is 28.3 Å². The number of carbonyl (C=O) groups is 3. The average molecular weight is 576 g/mol. The van der Waals surface area contributed by atoms with Gasteiger partial charge in [-0.05, 0) is 85.9 Å². The van der Waals surface area contributed by atoms with Crippen molar-refractivity contribution in [3.8, 4) is 5.75 Å². The lowest BCUT2D eigenvalue weighted by Gasteiger charge is -2.35. The topological polar surface area (TPSA) is 97.0 Å². The van der Waals surface area contributed by atoms with E-state index in [0.717, 1.165) is 59.9 Å². The summed E-state index contributed by atoms with van der Waals surface area (Å²) in [6.07, 6.45) is 3.92. The van der Waals surface area contributed by atoms with Gasteiger partial charge in [0.1, 0.15) is 17.4 Å². The summed E-state index contributed by atoms with van der Waals surface area (Å²) < 4.78 is 12.2. The fourth-order valence-electron chi connectivity index (χ4n) is 6.64. The zero-order valence-electron chi connectivity index (χ0n) is 26.2. The summed E-state index contributed by atoms with van der Waals surface area (Å²) in [7, 11) is 1.50. The first kappa shape index (κ1) is 31.3. The highest BCUT2D eigenvalue weighted by Crippen LogP contribution is 2.42. The molecule has 226 valence electrons.